The molecule has 0 fully saturated rings. The number of fused-ring (bicyclic) bond motifs is 2. The van der Waals surface area contributed by atoms with Crippen LogP contribution < -0.4 is 0 Å². The van der Waals surface area contributed by atoms with Crippen LogP contribution in [0, 0.1) is 20.8 Å². The van der Waals surface area contributed by atoms with Crippen molar-refractivity contribution in [2.75, 3.05) is 0 Å². The Morgan fingerprint density at radius 2 is 0.974 bits per heavy atom. The molecule has 0 heterocycles. The van der Waals surface area contributed by atoms with Gasteiger partial charge in [-0.25, -0.2) is 0 Å². The number of hydrogen-bond acceptors (Lipinski definition) is 0. The van der Waals surface area contributed by atoms with E-state index in [1.165, 1.54) is 61.3 Å². The van der Waals surface area contributed by atoms with Crippen molar-refractivity contribution in [3.63, 3.8) is 0 Å². The van der Waals surface area contributed by atoms with E-state index >= 15 is 0 Å². The Bertz CT molecular complexity index is 1410. The van der Waals surface area contributed by atoms with Crippen LogP contribution in [0.2, 0.25) is 0 Å². The van der Waals surface area contributed by atoms with Crippen molar-refractivity contribution < 1.29 is 20.8 Å². The Hall–Kier alpha value is -2.44. The first kappa shape index (κ1) is 31.1. The molecule has 0 aliphatic carbocycles. The molecule has 0 unspecified atom stereocenters. The normalized spacial score (nSPS) is 10.0. The molecule has 39 heavy (non-hydrogen) atoms. The molecule has 6 aromatic rings. The van der Waals surface area contributed by atoms with Gasteiger partial charge >= 0.3 is 37.9 Å². The topological polar surface area (TPSA) is 0 Å². The Kier molecular flexibility index (Phi) is 13.2. The minimum atomic E-state index is -0.826. The van der Waals surface area contributed by atoms with Crippen molar-refractivity contribution in [2.45, 2.75) is 33.6 Å². The maximum atomic E-state index is 4.93. The summed E-state index contributed by atoms with van der Waals surface area (Å²) < 4.78 is 0. The molecule has 0 aliphatic rings. The van der Waals surface area contributed by atoms with E-state index in [1.807, 2.05) is 0 Å². The van der Waals surface area contributed by atoms with Gasteiger partial charge in [-0.15, -0.1) is 69.1 Å². The third kappa shape index (κ3) is 9.04. The number of benzene rings is 4. The van der Waals surface area contributed by atoms with Gasteiger partial charge in [-0.3, -0.25) is 0 Å². The van der Waals surface area contributed by atoms with Crippen molar-refractivity contribution >= 4 is 38.6 Å². The fourth-order valence-corrected chi connectivity index (χ4v) is 4.51. The second kappa shape index (κ2) is 16.6. The molecule has 0 aliphatic heterocycles. The first-order valence-corrected chi connectivity index (χ1v) is 19.5. The maximum absolute atomic E-state index is 4.93. The molecule has 0 spiro atoms. The Labute approximate surface area is 253 Å². The Morgan fingerprint density at radius 3 is 1.31 bits per heavy atom. The van der Waals surface area contributed by atoms with Crippen LogP contribution in [0.5, 0.6) is 0 Å². The average Bonchev–Trinajstić information content (AvgIpc) is 3.55. The molecule has 0 saturated carbocycles. The molecule has 0 N–H and O–H groups in total. The van der Waals surface area contributed by atoms with Crippen LogP contribution in [0.4, 0.5) is 0 Å². The van der Waals surface area contributed by atoms with Crippen LogP contribution in [0.15, 0.2) is 121 Å². The fourth-order valence-electron chi connectivity index (χ4n) is 4.51. The van der Waals surface area contributed by atoms with Crippen molar-refractivity contribution in [3.05, 3.63) is 139 Å². The standard InChI is InChI=1S/2C16H13.C4H9.2ClH.Zr/c2*1-12-10-14-8-5-9-15(16(14)11-12)13-6-3-2-4-7-13;1-3-4-2;;;/h2*2-11H,1H3;1,3-4H2,2H3;2*1H;/q3*-1;;;+2/p-2. The van der Waals surface area contributed by atoms with Crippen molar-refractivity contribution in [1.82, 2.24) is 0 Å². The molecule has 6 rings (SSSR count). The summed E-state index contributed by atoms with van der Waals surface area (Å²) in [4.78, 5) is 0. The monoisotopic (exact) mass is 627 g/mol. The first-order valence-electron chi connectivity index (χ1n) is 13.2. The van der Waals surface area contributed by atoms with Gasteiger partial charge in [0.2, 0.25) is 0 Å². The average molecular weight is 630 g/mol. The van der Waals surface area contributed by atoms with Gasteiger partial charge in [0.15, 0.2) is 0 Å². The van der Waals surface area contributed by atoms with E-state index in [0.29, 0.717) is 0 Å². The SMILES string of the molecule is Cc1cc2c(-c3ccccc3)cccc2[cH-]1.Cc1cc2c(-c3ccccc3)cccc2[cH-]1.[CH2-]CCC.[Cl][Zr][Cl]. The summed E-state index contributed by atoms with van der Waals surface area (Å²) in [7, 11) is 9.87. The van der Waals surface area contributed by atoms with Gasteiger partial charge in [-0.2, -0.15) is 18.6 Å². The zero-order valence-corrected chi connectivity index (χ0v) is 26.9. The predicted molar refractivity (Wildman–Crippen MR) is 171 cm³/mol. The second-order valence-corrected chi connectivity index (χ2v) is 13.1. The molecular formula is C36H35Cl2Zr-3. The van der Waals surface area contributed by atoms with Crippen LogP contribution >= 0.6 is 17.0 Å². The van der Waals surface area contributed by atoms with Gasteiger partial charge in [0.1, 0.15) is 0 Å². The molecule has 0 nitrogen and oxygen atoms in total. The Morgan fingerprint density at radius 1 is 0.615 bits per heavy atom. The molecule has 0 bridgehead atoms. The number of halogens is 2. The van der Waals surface area contributed by atoms with Gasteiger partial charge in [0.05, 0.1) is 0 Å². The van der Waals surface area contributed by atoms with Gasteiger partial charge in [0, 0.05) is 0 Å². The van der Waals surface area contributed by atoms with E-state index in [-0.39, 0.29) is 0 Å². The molecule has 0 aromatic heterocycles. The quantitative estimate of drug-likeness (QED) is 0.171. The van der Waals surface area contributed by atoms with Gasteiger partial charge < -0.3 is 6.92 Å². The van der Waals surface area contributed by atoms with Crippen molar-refractivity contribution in [3.8, 4) is 22.3 Å². The molecule has 0 radical (unpaired) electrons. The van der Waals surface area contributed by atoms with Crippen molar-refractivity contribution in [2.24, 2.45) is 0 Å². The van der Waals surface area contributed by atoms with E-state index in [1.54, 1.807) is 0 Å². The summed E-state index contributed by atoms with van der Waals surface area (Å²) in [6, 6.07) is 43.1. The molecule has 3 heteroatoms. The van der Waals surface area contributed by atoms with Gasteiger partial charge in [-0.05, 0) is 11.1 Å². The summed E-state index contributed by atoms with van der Waals surface area (Å²) in [6.45, 7) is 10.0. The first-order chi connectivity index (χ1) is 19.0. The summed E-state index contributed by atoms with van der Waals surface area (Å²) in [5, 5.41) is 5.37. The zero-order valence-electron chi connectivity index (χ0n) is 22.9. The summed E-state index contributed by atoms with van der Waals surface area (Å²) in [5.41, 5.74) is 7.89. The molecular weight excluding hydrogens is 595 g/mol. The predicted octanol–water partition coefficient (Wildman–Crippen LogP) is 12.1. The molecule has 0 saturated heterocycles. The van der Waals surface area contributed by atoms with E-state index < -0.39 is 20.8 Å². The zero-order chi connectivity index (χ0) is 28.0. The summed E-state index contributed by atoms with van der Waals surface area (Å²) >= 11 is -0.826. The van der Waals surface area contributed by atoms with Gasteiger partial charge in [0.25, 0.3) is 0 Å². The third-order valence-corrected chi connectivity index (χ3v) is 6.31. The van der Waals surface area contributed by atoms with Crippen LogP contribution in [0.25, 0.3) is 43.8 Å². The van der Waals surface area contributed by atoms with Crippen LogP contribution in [-0.2, 0) is 20.8 Å². The molecule has 0 amide bonds. The van der Waals surface area contributed by atoms with Crippen LogP contribution in [-0.4, -0.2) is 0 Å². The van der Waals surface area contributed by atoms with E-state index in [9.17, 15) is 0 Å². The third-order valence-electron chi connectivity index (χ3n) is 6.31. The van der Waals surface area contributed by atoms with Crippen LogP contribution in [0.1, 0.15) is 30.9 Å². The second-order valence-electron chi connectivity index (χ2n) is 9.34. The summed E-state index contributed by atoms with van der Waals surface area (Å²) in [5.74, 6) is 0. The van der Waals surface area contributed by atoms with Crippen LogP contribution in [0.3, 0.4) is 0 Å². The molecule has 0 atom stereocenters. The number of unbranched alkanes of at least 4 members (excludes halogenated alkanes) is 1. The minimum absolute atomic E-state index is 0.826. The van der Waals surface area contributed by atoms with Gasteiger partial charge in [-0.1, -0.05) is 111 Å². The Balaban J connectivity index is 0.000000175. The number of aryl methyl sites for hydroxylation is 2. The molecule has 6 aromatic carbocycles. The van der Waals surface area contributed by atoms with E-state index in [0.717, 1.165) is 6.42 Å². The van der Waals surface area contributed by atoms with E-state index in [4.69, 9.17) is 17.0 Å². The van der Waals surface area contributed by atoms with Crippen molar-refractivity contribution in [1.29, 1.82) is 0 Å². The molecule has 200 valence electrons. The fraction of sp³-hybridized carbons (Fsp3) is 0.139. The van der Waals surface area contributed by atoms with E-state index in [2.05, 4.69) is 149 Å². The number of hydrogen-bond donors (Lipinski definition) is 0. The number of rotatable bonds is 3. The summed E-state index contributed by atoms with van der Waals surface area (Å²) in [6.07, 6.45) is 2.28.